The van der Waals surface area contributed by atoms with E-state index < -0.39 is 5.54 Å². The third kappa shape index (κ3) is 2.73. The maximum Gasteiger partial charge on any atom is 0.0680 e. The number of benzene rings is 1. The number of aliphatic hydroxyl groups is 1. The zero-order valence-corrected chi connectivity index (χ0v) is 12.8. The number of hydrogen-bond donors (Lipinski definition) is 2. The van der Waals surface area contributed by atoms with Crippen molar-refractivity contribution in [2.24, 2.45) is 0 Å². The van der Waals surface area contributed by atoms with E-state index in [4.69, 9.17) is 11.6 Å². The van der Waals surface area contributed by atoms with E-state index in [0.717, 1.165) is 36.2 Å². The van der Waals surface area contributed by atoms with Crippen molar-refractivity contribution in [1.29, 1.82) is 0 Å². The van der Waals surface area contributed by atoms with Crippen molar-refractivity contribution in [3.63, 3.8) is 0 Å². The average molecular weight is 334 g/mol. The van der Waals surface area contributed by atoms with Crippen LogP contribution in [0.15, 0.2) is 22.7 Å². The van der Waals surface area contributed by atoms with Crippen molar-refractivity contribution in [2.45, 2.75) is 12.5 Å². The van der Waals surface area contributed by atoms with Crippen LogP contribution in [0.25, 0.3) is 0 Å². The fourth-order valence-electron chi connectivity index (χ4n) is 2.44. The third-order valence-electron chi connectivity index (χ3n) is 3.63. The van der Waals surface area contributed by atoms with Gasteiger partial charge in [0.05, 0.1) is 12.1 Å². The van der Waals surface area contributed by atoms with Crippen molar-refractivity contribution in [2.75, 3.05) is 32.8 Å². The van der Waals surface area contributed by atoms with Crippen LogP contribution in [0.2, 0.25) is 5.02 Å². The molecule has 1 aromatic rings. The van der Waals surface area contributed by atoms with Gasteiger partial charge >= 0.3 is 0 Å². The van der Waals surface area contributed by atoms with Crippen molar-refractivity contribution < 1.29 is 5.11 Å². The molecule has 3 nitrogen and oxygen atoms in total. The third-order valence-corrected chi connectivity index (χ3v) is 4.44. The molecule has 2 N–H and O–H groups in total. The Morgan fingerprint density at radius 2 is 2.11 bits per heavy atom. The molecule has 0 amide bonds. The molecule has 0 aromatic heterocycles. The summed E-state index contributed by atoms with van der Waals surface area (Å²) in [7, 11) is 0. The summed E-state index contributed by atoms with van der Waals surface area (Å²) in [6, 6.07) is 5.84. The summed E-state index contributed by atoms with van der Waals surface area (Å²) >= 11 is 9.74. The highest BCUT2D eigenvalue weighted by atomic mass is 79.9. The van der Waals surface area contributed by atoms with Crippen LogP contribution in [0.3, 0.4) is 0 Å². The predicted octanol–water partition coefficient (Wildman–Crippen LogP) is 2.22. The first kappa shape index (κ1) is 14.3. The van der Waals surface area contributed by atoms with Gasteiger partial charge in [-0.1, -0.05) is 33.6 Å². The van der Waals surface area contributed by atoms with Crippen molar-refractivity contribution in [3.05, 3.63) is 33.3 Å². The van der Waals surface area contributed by atoms with E-state index >= 15 is 0 Å². The minimum Gasteiger partial charge on any atom is -0.394 e. The first-order valence-electron chi connectivity index (χ1n) is 6.10. The van der Waals surface area contributed by atoms with Gasteiger partial charge in [-0.2, -0.15) is 0 Å². The number of aliphatic hydroxyl groups excluding tert-OH is 1. The molecule has 100 valence electrons. The first-order valence-corrected chi connectivity index (χ1v) is 7.27. The second-order valence-electron chi connectivity index (χ2n) is 4.79. The lowest BCUT2D eigenvalue weighted by Crippen LogP contribution is -2.54. The van der Waals surface area contributed by atoms with Crippen LogP contribution >= 0.6 is 27.5 Å². The summed E-state index contributed by atoms with van der Waals surface area (Å²) in [5, 5.41) is 13.9. The number of halogens is 2. The maximum absolute atomic E-state index is 9.85. The number of nitrogens with zero attached hydrogens (tertiary/aromatic N) is 1. The molecule has 1 heterocycles. The molecule has 1 unspecified atom stereocenters. The van der Waals surface area contributed by atoms with Crippen LogP contribution in [-0.2, 0) is 5.54 Å². The van der Waals surface area contributed by atoms with Crippen LogP contribution in [-0.4, -0.2) is 42.8 Å². The highest BCUT2D eigenvalue weighted by molar-refractivity contribution is 9.10. The summed E-state index contributed by atoms with van der Waals surface area (Å²) in [6.45, 7) is 5.85. The normalized spacial score (nSPS) is 20.7. The second kappa shape index (κ2) is 5.88. The molecule has 1 saturated heterocycles. The summed E-state index contributed by atoms with van der Waals surface area (Å²) in [5.41, 5.74) is 0.566. The SMILES string of the molecule is CC(CO)(c1ccc(Br)cc1Cl)N1CCNCC1. The van der Waals surface area contributed by atoms with E-state index in [1.165, 1.54) is 0 Å². The van der Waals surface area contributed by atoms with E-state index in [1.807, 2.05) is 25.1 Å². The minimum absolute atomic E-state index is 0.0638. The lowest BCUT2D eigenvalue weighted by molar-refractivity contribution is 0.0312. The predicted molar refractivity (Wildman–Crippen MR) is 78.0 cm³/mol. The van der Waals surface area contributed by atoms with Gasteiger partial charge < -0.3 is 10.4 Å². The maximum atomic E-state index is 9.85. The van der Waals surface area contributed by atoms with Crippen LogP contribution in [0.1, 0.15) is 12.5 Å². The molecule has 2 rings (SSSR count). The molecule has 1 atom stereocenters. The Morgan fingerprint density at radius 3 is 2.67 bits per heavy atom. The fraction of sp³-hybridized carbons (Fsp3) is 0.538. The van der Waals surface area contributed by atoms with Gasteiger partial charge in [-0.15, -0.1) is 0 Å². The Balaban J connectivity index is 2.35. The number of piperazine rings is 1. The summed E-state index contributed by atoms with van der Waals surface area (Å²) in [4.78, 5) is 2.29. The Morgan fingerprint density at radius 1 is 1.44 bits per heavy atom. The molecular formula is C13H18BrClN2O. The van der Waals surface area contributed by atoms with E-state index in [0.29, 0.717) is 5.02 Å². The molecule has 0 spiro atoms. The molecule has 5 heteroatoms. The van der Waals surface area contributed by atoms with Gasteiger partial charge in [-0.25, -0.2) is 0 Å². The average Bonchev–Trinajstić information content (AvgIpc) is 2.39. The van der Waals surface area contributed by atoms with Crippen LogP contribution in [0, 0.1) is 0 Å². The quantitative estimate of drug-likeness (QED) is 0.890. The number of hydrogen-bond acceptors (Lipinski definition) is 3. The van der Waals surface area contributed by atoms with Gasteiger partial charge in [0.1, 0.15) is 0 Å². The van der Waals surface area contributed by atoms with Gasteiger partial charge in [0.2, 0.25) is 0 Å². The van der Waals surface area contributed by atoms with Crippen LogP contribution < -0.4 is 5.32 Å². The molecule has 0 radical (unpaired) electrons. The summed E-state index contributed by atoms with van der Waals surface area (Å²) in [5.74, 6) is 0. The van der Waals surface area contributed by atoms with E-state index in [2.05, 4.69) is 26.1 Å². The molecule has 1 aliphatic rings. The topological polar surface area (TPSA) is 35.5 Å². The van der Waals surface area contributed by atoms with E-state index in [1.54, 1.807) is 0 Å². The van der Waals surface area contributed by atoms with Crippen molar-refractivity contribution in [3.8, 4) is 0 Å². The smallest absolute Gasteiger partial charge is 0.0680 e. The van der Waals surface area contributed by atoms with E-state index in [-0.39, 0.29) is 6.61 Å². The monoisotopic (exact) mass is 332 g/mol. The summed E-state index contributed by atoms with van der Waals surface area (Å²) < 4.78 is 0.955. The number of nitrogens with one attached hydrogen (secondary N) is 1. The minimum atomic E-state index is -0.417. The molecular weight excluding hydrogens is 316 g/mol. The Hall–Kier alpha value is -0.130. The lowest BCUT2D eigenvalue weighted by atomic mass is 9.90. The second-order valence-corrected chi connectivity index (χ2v) is 6.12. The van der Waals surface area contributed by atoms with Gasteiger partial charge in [-0.05, 0) is 24.6 Å². The molecule has 0 bridgehead atoms. The molecule has 0 saturated carbocycles. The zero-order valence-electron chi connectivity index (χ0n) is 10.4. The van der Waals surface area contributed by atoms with Crippen molar-refractivity contribution >= 4 is 27.5 Å². The number of rotatable bonds is 3. The Kier molecular flexibility index (Phi) is 4.67. The zero-order chi connectivity index (χ0) is 13.2. The van der Waals surface area contributed by atoms with Gasteiger partial charge in [-0.3, -0.25) is 4.90 Å². The molecule has 1 fully saturated rings. The van der Waals surface area contributed by atoms with Gasteiger partial charge in [0.25, 0.3) is 0 Å². The van der Waals surface area contributed by atoms with Gasteiger partial charge in [0, 0.05) is 35.7 Å². The Labute approximate surface area is 121 Å². The van der Waals surface area contributed by atoms with Crippen LogP contribution in [0.5, 0.6) is 0 Å². The molecule has 18 heavy (non-hydrogen) atoms. The Bertz CT molecular complexity index is 423. The summed E-state index contributed by atoms with van der Waals surface area (Å²) in [6.07, 6.45) is 0. The van der Waals surface area contributed by atoms with Crippen molar-refractivity contribution in [1.82, 2.24) is 10.2 Å². The molecule has 1 aliphatic heterocycles. The molecule has 1 aromatic carbocycles. The van der Waals surface area contributed by atoms with Gasteiger partial charge in [0.15, 0.2) is 0 Å². The lowest BCUT2D eigenvalue weighted by Gasteiger charge is -2.43. The standard InChI is InChI=1S/C13H18BrClN2O/c1-13(9-18,17-6-4-16-5-7-17)11-3-2-10(14)8-12(11)15/h2-3,8,16,18H,4-7,9H2,1H3. The molecule has 0 aliphatic carbocycles. The first-order chi connectivity index (χ1) is 8.58. The highest BCUT2D eigenvalue weighted by Crippen LogP contribution is 2.34. The largest absolute Gasteiger partial charge is 0.394 e. The fourth-order valence-corrected chi connectivity index (χ4v) is 3.32. The highest BCUT2D eigenvalue weighted by Gasteiger charge is 2.35. The van der Waals surface area contributed by atoms with Crippen LogP contribution in [0.4, 0.5) is 0 Å². The van der Waals surface area contributed by atoms with E-state index in [9.17, 15) is 5.11 Å².